The highest BCUT2D eigenvalue weighted by Gasteiger charge is 2.63. The highest BCUT2D eigenvalue weighted by molar-refractivity contribution is 6.04. The zero-order chi connectivity index (χ0) is 16.8. The third-order valence-electron chi connectivity index (χ3n) is 5.96. The largest absolute Gasteiger partial charge is 0.361 e. The van der Waals surface area contributed by atoms with Crippen LogP contribution in [0.2, 0.25) is 0 Å². The molecule has 1 amide bonds. The minimum atomic E-state index is -0.222. The molecule has 4 heteroatoms. The summed E-state index contributed by atoms with van der Waals surface area (Å²) in [6.07, 6.45) is 3.96. The van der Waals surface area contributed by atoms with Crippen molar-refractivity contribution in [1.82, 2.24) is 0 Å². The number of carbonyl (C=O) groups excluding carboxylic acids is 2. The number of amides is 1. The van der Waals surface area contributed by atoms with Gasteiger partial charge in [-0.15, -0.1) is 0 Å². The summed E-state index contributed by atoms with van der Waals surface area (Å²) in [5.41, 5.74) is 2.41. The summed E-state index contributed by atoms with van der Waals surface area (Å²) in [6.45, 7) is 8.02. The van der Waals surface area contributed by atoms with Crippen molar-refractivity contribution in [2.24, 2.45) is 16.7 Å². The van der Waals surface area contributed by atoms with Crippen LogP contribution in [-0.4, -0.2) is 11.7 Å². The topological polar surface area (TPSA) is 58.2 Å². The lowest BCUT2D eigenvalue weighted by molar-refractivity contribution is -0.125. The van der Waals surface area contributed by atoms with E-state index in [4.69, 9.17) is 0 Å². The van der Waals surface area contributed by atoms with E-state index in [1.165, 1.54) is 6.92 Å². The molecule has 2 saturated carbocycles. The van der Waals surface area contributed by atoms with Crippen LogP contribution in [0, 0.1) is 16.7 Å². The van der Waals surface area contributed by atoms with Crippen LogP contribution < -0.4 is 10.6 Å². The Morgan fingerprint density at radius 1 is 1.17 bits per heavy atom. The fourth-order valence-corrected chi connectivity index (χ4v) is 4.11. The Morgan fingerprint density at radius 3 is 2.30 bits per heavy atom. The van der Waals surface area contributed by atoms with Gasteiger partial charge in [-0.05, 0) is 48.4 Å². The molecule has 122 valence electrons. The molecule has 2 atom stereocenters. The molecule has 0 heterocycles. The van der Waals surface area contributed by atoms with E-state index >= 15 is 0 Å². The lowest BCUT2D eigenvalue weighted by atomic mass is 9.70. The van der Waals surface area contributed by atoms with Crippen molar-refractivity contribution in [3.8, 4) is 0 Å². The Labute approximate surface area is 137 Å². The van der Waals surface area contributed by atoms with E-state index in [-0.39, 0.29) is 16.7 Å². The summed E-state index contributed by atoms with van der Waals surface area (Å²) in [6, 6.07) is 7.48. The Morgan fingerprint density at radius 2 is 1.78 bits per heavy atom. The molecule has 2 bridgehead atoms. The predicted octanol–water partition coefficient (Wildman–Crippen LogP) is 3.97. The summed E-state index contributed by atoms with van der Waals surface area (Å²) >= 11 is 0. The zero-order valence-electron chi connectivity index (χ0n) is 14.2. The first-order valence-corrected chi connectivity index (χ1v) is 8.15. The van der Waals surface area contributed by atoms with Crippen LogP contribution in [0.25, 0.3) is 0 Å². The van der Waals surface area contributed by atoms with Crippen LogP contribution in [0.1, 0.15) is 40.5 Å². The molecule has 0 unspecified atom stereocenters. The van der Waals surface area contributed by atoms with Crippen LogP contribution >= 0.6 is 0 Å². The van der Waals surface area contributed by atoms with E-state index in [1.807, 2.05) is 30.5 Å². The first-order chi connectivity index (χ1) is 10.8. The van der Waals surface area contributed by atoms with Gasteiger partial charge in [-0.1, -0.05) is 20.8 Å². The van der Waals surface area contributed by atoms with Gasteiger partial charge in [-0.3, -0.25) is 9.59 Å². The molecule has 23 heavy (non-hydrogen) atoms. The number of hydrogen-bond acceptors (Lipinski definition) is 3. The first-order valence-electron chi connectivity index (χ1n) is 8.15. The number of hydrogen-bond donors (Lipinski definition) is 2. The summed E-state index contributed by atoms with van der Waals surface area (Å²) in [4.78, 5) is 23.8. The van der Waals surface area contributed by atoms with Crippen LogP contribution in [0.4, 0.5) is 11.4 Å². The van der Waals surface area contributed by atoms with Crippen LogP contribution in [-0.2, 0) is 9.59 Å². The van der Waals surface area contributed by atoms with Gasteiger partial charge in [0.05, 0.1) is 0 Å². The van der Waals surface area contributed by atoms with E-state index in [2.05, 4.69) is 31.4 Å². The van der Waals surface area contributed by atoms with Crippen LogP contribution in [0.3, 0.4) is 0 Å². The van der Waals surface area contributed by atoms with Crippen molar-refractivity contribution < 1.29 is 9.59 Å². The van der Waals surface area contributed by atoms with E-state index in [0.717, 1.165) is 29.8 Å². The van der Waals surface area contributed by atoms with Gasteiger partial charge in [-0.2, -0.15) is 0 Å². The SMILES string of the molecule is CC(=O)Nc1ccc(NC=C2C(=O)[C@]3(C)CC[C@@H]2C3(C)C)cc1. The average Bonchev–Trinajstić information content (AvgIpc) is 2.79. The summed E-state index contributed by atoms with van der Waals surface area (Å²) in [5, 5.41) is 5.98. The van der Waals surface area contributed by atoms with Crippen LogP contribution in [0.5, 0.6) is 0 Å². The van der Waals surface area contributed by atoms with Gasteiger partial charge < -0.3 is 10.6 Å². The molecule has 0 radical (unpaired) electrons. The molecule has 2 N–H and O–H groups in total. The van der Waals surface area contributed by atoms with Gasteiger partial charge in [0.15, 0.2) is 5.78 Å². The molecular formula is C19H24N2O2. The highest BCUT2D eigenvalue weighted by atomic mass is 16.1. The summed E-state index contributed by atoms with van der Waals surface area (Å²) in [7, 11) is 0. The second kappa shape index (κ2) is 5.22. The highest BCUT2D eigenvalue weighted by Crippen LogP contribution is 2.65. The molecule has 1 aromatic rings. The Kier molecular flexibility index (Phi) is 3.58. The Balaban J connectivity index is 1.76. The van der Waals surface area contributed by atoms with Crippen molar-refractivity contribution in [2.75, 3.05) is 10.6 Å². The Bertz CT molecular complexity index is 688. The number of Topliss-reactive ketones (excluding diaryl/α,β-unsaturated/α-hetero) is 1. The number of ketones is 1. The molecule has 2 aliphatic rings. The summed E-state index contributed by atoms with van der Waals surface area (Å²) < 4.78 is 0. The third kappa shape index (κ3) is 2.37. The van der Waals surface area contributed by atoms with Gasteiger partial charge in [0.1, 0.15) is 0 Å². The predicted molar refractivity (Wildman–Crippen MR) is 92.1 cm³/mol. The molecule has 0 saturated heterocycles. The number of nitrogens with one attached hydrogen (secondary N) is 2. The molecule has 4 nitrogen and oxygen atoms in total. The molecule has 0 aromatic heterocycles. The van der Waals surface area contributed by atoms with Crippen molar-refractivity contribution in [3.63, 3.8) is 0 Å². The van der Waals surface area contributed by atoms with Crippen LogP contribution in [0.15, 0.2) is 36.0 Å². The van der Waals surface area contributed by atoms with Crippen molar-refractivity contribution in [1.29, 1.82) is 0 Å². The van der Waals surface area contributed by atoms with E-state index in [0.29, 0.717) is 11.7 Å². The maximum absolute atomic E-state index is 12.7. The third-order valence-corrected chi connectivity index (χ3v) is 5.96. The van der Waals surface area contributed by atoms with E-state index < -0.39 is 0 Å². The molecule has 2 aliphatic carbocycles. The molecule has 2 fully saturated rings. The van der Waals surface area contributed by atoms with E-state index in [9.17, 15) is 9.59 Å². The van der Waals surface area contributed by atoms with Crippen molar-refractivity contribution in [3.05, 3.63) is 36.0 Å². The number of allylic oxidation sites excluding steroid dienone is 1. The fourth-order valence-electron chi connectivity index (χ4n) is 4.11. The van der Waals surface area contributed by atoms with Gasteiger partial charge in [-0.25, -0.2) is 0 Å². The zero-order valence-corrected chi connectivity index (χ0v) is 14.2. The lowest BCUT2D eigenvalue weighted by Crippen LogP contribution is -2.32. The maximum Gasteiger partial charge on any atom is 0.221 e. The minimum absolute atomic E-state index is 0.0346. The first kappa shape index (κ1) is 15.8. The van der Waals surface area contributed by atoms with Gasteiger partial charge >= 0.3 is 0 Å². The molecule has 3 rings (SSSR count). The monoisotopic (exact) mass is 312 g/mol. The van der Waals surface area contributed by atoms with Gasteiger partial charge in [0.2, 0.25) is 5.91 Å². The second-order valence-electron chi connectivity index (χ2n) is 7.48. The standard InChI is InChI=1S/C19H24N2O2/c1-12(22)21-14-7-5-13(6-8-14)20-11-15-16-9-10-19(4,17(15)23)18(16,2)3/h5-8,11,16,20H,9-10H2,1-4H3,(H,21,22)/t16-,19-/m0/s1. The molecule has 0 spiro atoms. The molecule has 1 aromatic carbocycles. The van der Waals surface area contributed by atoms with Crippen molar-refractivity contribution in [2.45, 2.75) is 40.5 Å². The quantitative estimate of drug-likeness (QED) is 0.830. The molecule has 0 aliphatic heterocycles. The van der Waals surface area contributed by atoms with Gasteiger partial charge in [0.25, 0.3) is 0 Å². The number of anilines is 2. The summed E-state index contributed by atoms with van der Waals surface area (Å²) in [5.74, 6) is 0.545. The second-order valence-corrected chi connectivity index (χ2v) is 7.48. The average molecular weight is 312 g/mol. The van der Waals surface area contributed by atoms with Gasteiger partial charge in [0, 0.05) is 35.5 Å². The molecular weight excluding hydrogens is 288 g/mol. The lowest BCUT2D eigenvalue weighted by Gasteiger charge is -2.31. The Hall–Kier alpha value is -2.10. The van der Waals surface area contributed by atoms with E-state index in [1.54, 1.807) is 0 Å². The van der Waals surface area contributed by atoms with Crippen molar-refractivity contribution >= 4 is 23.1 Å². The normalized spacial score (nSPS) is 29.8. The maximum atomic E-state index is 12.7. The smallest absolute Gasteiger partial charge is 0.221 e. The number of rotatable bonds is 3. The minimum Gasteiger partial charge on any atom is -0.361 e. The number of fused-ring (bicyclic) bond motifs is 2. The number of carbonyl (C=O) groups is 2. The number of benzene rings is 1. The fraction of sp³-hybridized carbons (Fsp3) is 0.474.